The van der Waals surface area contributed by atoms with Crippen LogP contribution in [0.15, 0.2) is 71.9 Å². The number of hydrogen-bond donors (Lipinski definition) is 0. The molecule has 0 spiro atoms. The summed E-state index contributed by atoms with van der Waals surface area (Å²) in [4.78, 5) is 18.9. The number of nitrogens with zero attached hydrogens (tertiary/aromatic N) is 2. The predicted molar refractivity (Wildman–Crippen MR) is 102 cm³/mol. The molecule has 0 radical (unpaired) electrons. The monoisotopic (exact) mass is 362 g/mol. The molecular weight excluding hydrogens is 344 g/mol. The Hall–Kier alpha value is -3.67. The van der Waals surface area contributed by atoms with Crippen molar-refractivity contribution in [2.45, 2.75) is 6.61 Å². The van der Waals surface area contributed by atoms with Gasteiger partial charge < -0.3 is 14.2 Å². The number of ether oxygens (including phenoxy) is 3. The van der Waals surface area contributed by atoms with Gasteiger partial charge in [-0.15, -0.1) is 0 Å². The van der Waals surface area contributed by atoms with Crippen LogP contribution in [-0.2, 0) is 11.4 Å². The van der Waals surface area contributed by atoms with Crippen molar-refractivity contribution in [3.63, 3.8) is 0 Å². The average Bonchev–Trinajstić information content (AvgIpc) is 2.73. The van der Waals surface area contributed by atoms with Gasteiger partial charge in [-0.1, -0.05) is 6.07 Å². The molecule has 2 aromatic carbocycles. The molecule has 3 rings (SSSR count). The number of hydrogen-bond acceptors (Lipinski definition) is 6. The lowest BCUT2D eigenvalue weighted by Gasteiger charge is -2.11. The van der Waals surface area contributed by atoms with Crippen LogP contribution in [0, 0.1) is 0 Å². The third-order valence-electron chi connectivity index (χ3n) is 3.67. The van der Waals surface area contributed by atoms with Crippen molar-refractivity contribution in [2.24, 2.45) is 4.99 Å². The average molecular weight is 362 g/mol. The number of benzene rings is 2. The van der Waals surface area contributed by atoms with E-state index >= 15 is 0 Å². The highest BCUT2D eigenvalue weighted by Crippen LogP contribution is 2.28. The third kappa shape index (κ3) is 5.15. The fourth-order valence-electron chi connectivity index (χ4n) is 2.33. The zero-order valence-corrected chi connectivity index (χ0v) is 14.7. The highest BCUT2D eigenvalue weighted by atomic mass is 16.5. The van der Waals surface area contributed by atoms with Gasteiger partial charge in [-0.25, -0.2) is 0 Å². The molecular formula is C21H18N2O4. The van der Waals surface area contributed by atoms with E-state index in [0.717, 1.165) is 16.9 Å². The number of carbonyl (C=O) groups excluding carboxylic acids is 1. The van der Waals surface area contributed by atoms with Gasteiger partial charge in [-0.05, 0) is 60.2 Å². The van der Waals surface area contributed by atoms with Crippen LogP contribution in [0.5, 0.6) is 17.2 Å². The Labute approximate surface area is 157 Å². The minimum absolute atomic E-state index is 0.361. The molecule has 3 aromatic rings. The smallest absolute Gasteiger partial charge is 0.298 e. The Balaban J connectivity index is 1.68. The van der Waals surface area contributed by atoms with Gasteiger partial charge in [0.25, 0.3) is 6.47 Å². The Bertz CT molecular complexity index is 909. The SMILES string of the molecule is COc1cc(/C=N/c2ccc(OC=O)cc2)ccc1OCc1ccccn1. The summed E-state index contributed by atoms with van der Waals surface area (Å²) in [5.74, 6) is 1.72. The molecule has 0 atom stereocenters. The standard InChI is InChI=1S/C21H18N2O4/c1-25-21-12-16(13-23-17-6-8-19(9-7-17)27-15-24)5-10-20(21)26-14-18-4-2-3-11-22-18/h2-13,15H,14H2,1H3/b23-13+. The van der Waals surface area contributed by atoms with Crippen LogP contribution in [0.3, 0.4) is 0 Å². The fourth-order valence-corrected chi connectivity index (χ4v) is 2.33. The van der Waals surface area contributed by atoms with E-state index in [9.17, 15) is 4.79 Å². The van der Waals surface area contributed by atoms with Crippen LogP contribution in [0.4, 0.5) is 5.69 Å². The van der Waals surface area contributed by atoms with Gasteiger partial charge in [-0.2, -0.15) is 0 Å². The first-order valence-electron chi connectivity index (χ1n) is 8.23. The highest BCUT2D eigenvalue weighted by molar-refractivity contribution is 5.83. The maximum Gasteiger partial charge on any atom is 0.298 e. The summed E-state index contributed by atoms with van der Waals surface area (Å²) >= 11 is 0. The molecule has 0 saturated heterocycles. The second kappa shape index (κ2) is 9.15. The topological polar surface area (TPSA) is 70.0 Å². The highest BCUT2D eigenvalue weighted by Gasteiger charge is 2.06. The molecule has 0 fully saturated rings. The van der Waals surface area contributed by atoms with Crippen LogP contribution >= 0.6 is 0 Å². The van der Waals surface area contributed by atoms with E-state index in [-0.39, 0.29) is 0 Å². The minimum atomic E-state index is 0.361. The largest absolute Gasteiger partial charge is 0.493 e. The maximum absolute atomic E-state index is 10.3. The van der Waals surface area contributed by atoms with Crippen molar-refractivity contribution >= 4 is 18.4 Å². The number of aromatic nitrogens is 1. The zero-order valence-electron chi connectivity index (χ0n) is 14.7. The maximum atomic E-state index is 10.3. The van der Waals surface area contributed by atoms with Gasteiger partial charge in [0.2, 0.25) is 0 Å². The number of methoxy groups -OCH3 is 1. The van der Waals surface area contributed by atoms with Gasteiger partial charge >= 0.3 is 0 Å². The van der Waals surface area contributed by atoms with Gasteiger partial charge in [0.15, 0.2) is 11.5 Å². The molecule has 6 heteroatoms. The molecule has 6 nitrogen and oxygen atoms in total. The van der Waals surface area contributed by atoms with Gasteiger partial charge in [0, 0.05) is 12.4 Å². The summed E-state index contributed by atoms with van der Waals surface area (Å²) in [6, 6.07) is 18.1. The van der Waals surface area contributed by atoms with Crippen LogP contribution < -0.4 is 14.2 Å². The molecule has 0 aliphatic carbocycles. The second-order valence-electron chi connectivity index (χ2n) is 5.49. The lowest BCUT2D eigenvalue weighted by Crippen LogP contribution is -1.99. The minimum Gasteiger partial charge on any atom is -0.493 e. The summed E-state index contributed by atoms with van der Waals surface area (Å²) in [5.41, 5.74) is 2.44. The Morgan fingerprint density at radius 1 is 1.04 bits per heavy atom. The first-order chi connectivity index (χ1) is 13.3. The van der Waals surface area contributed by atoms with E-state index < -0.39 is 0 Å². The predicted octanol–water partition coefficient (Wildman–Crippen LogP) is 3.96. The molecule has 0 amide bonds. The van der Waals surface area contributed by atoms with Crippen molar-refractivity contribution in [3.8, 4) is 17.2 Å². The third-order valence-corrected chi connectivity index (χ3v) is 3.67. The molecule has 0 bridgehead atoms. The first kappa shape index (κ1) is 18.1. The van der Waals surface area contributed by atoms with Crippen molar-refractivity contribution in [3.05, 3.63) is 78.1 Å². The normalized spacial score (nSPS) is 10.6. The number of carbonyl (C=O) groups is 1. The number of aliphatic imine (C=N–C) groups is 1. The Morgan fingerprint density at radius 2 is 1.89 bits per heavy atom. The molecule has 0 aliphatic rings. The van der Waals surface area contributed by atoms with E-state index in [0.29, 0.717) is 30.3 Å². The van der Waals surface area contributed by atoms with Crippen LogP contribution in [0.2, 0.25) is 0 Å². The summed E-state index contributed by atoms with van der Waals surface area (Å²) < 4.78 is 16.0. The zero-order chi connectivity index (χ0) is 18.9. The Morgan fingerprint density at radius 3 is 2.59 bits per heavy atom. The quantitative estimate of drug-likeness (QED) is 0.448. The molecule has 1 aromatic heterocycles. The van der Waals surface area contributed by atoms with E-state index in [1.165, 1.54) is 0 Å². The van der Waals surface area contributed by atoms with Crippen molar-refractivity contribution in [1.82, 2.24) is 4.98 Å². The van der Waals surface area contributed by atoms with E-state index in [4.69, 9.17) is 14.2 Å². The number of pyridine rings is 1. The van der Waals surface area contributed by atoms with E-state index in [1.807, 2.05) is 36.4 Å². The van der Waals surface area contributed by atoms with Crippen LogP contribution in [0.1, 0.15) is 11.3 Å². The molecule has 0 N–H and O–H groups in total. The summed E-state index contributed by atoms with van der Waals surface area (Å²) in [6.07, 6.45) is 3.45. The first-order valence-corrected chi connectivity index (χ1v) is 8.23. The molecule has 0 saturated carbocycles. The molecule has 0 aliphatic heterocycles. The van der Waals surface area contributed by atoms with Gasteiger partial charge in [-0.3, -0.25) is 14.8 Å². The molecule has 0 unspecified atom stereocenters. The van der Waals surface area contributed by atoms with Crippen molar-refractivity contribution in [1.29, 1.82) is 0 Å². The lowest BCUT2D eigenvalue weighted by atomic mass is 10.2. The Kier molecular flexibility index (Phi) is 6.14. The fraction of sp³-hybridized carbons (Fsp3) is 0.0952. The lowest BCUT2D eigenvalue weighted by molar-refractivity contribution is -0.120. The molecule has 27 heavy (non-hydrogen) atoms. The van der Waals surface area contributed by atoms with E-state index in [2.05, 4.69) is 9.98 Å². The summed E-state index contributed by atoms with van der Waals surface area (Å²) in [5, 5.41) is 0. The number of rotatable bonds is 8. The summed E-state index contributed by atoms with van der Waals surface area (Å²) in [7, 11) is 1.59. The van der Waals surface area contributed by atoms with E-state index in [1.54, 1.807) is 43.8 Å². The van der Waals surface area contributed by atoms with Crippen molar-refractivity contribution < 1.29 is 19.0 Å². The second-order valence-corrected chi connectivity index (χ2v) is 5.49. The summed E-state index contributed by atoms with van der Waals surface area (Å²) in [6.45, 7) is 0.752. The molecule has 1 heterocycles. The van der Waals surface area contributed by atoms with Gasteiger partial charge in [0.05, 0.1) is 18.5 Å². The van der Waals surface area contributed by atoms with Gasteiger partial charge in [0.1, 0.15) is 12.4 Å². The van der Waals surface area contributed by atoms with Crippen LogP contribution in [0.25, 0.3) is 0 Å². The van der Waals surface area contributed by atoms with Crippen LogP contribution in [-0.4, -0.2) is 24.8 Å². The molecule has 136 valence electrons. The van der Waals surface area contributed by atoms with Crippen molar-refractivity contribution in [2.75, 3.05) is 7.11 Å².